The molecule has 32 heavy (non-hydrogen) atoms. The Hall–Kier alpha value is -2.25. The van der Waals surface area contributed by atoms with Crippen LogP contribution in [0.2, 0.25) is 5.15 Å². The lowest BCUT2D eigenvalue weighted by Gasteiger charge is -2.45. The monoisotopic (exact) mass is 462 g/mol. The number of methoxy groups -OCH3 is 1. The third-order valence-electron chi connectivity index (χ3n) is 6.74. The van der Waals surface area contributed by atoms with Gasteiger partial charge in [-0.15, -0.1) is 4.73 Å². The molecule has 8 heteroatoms. The number of carbonyl (C=O) groups excluding carboxylic acids is 1. The van der Waals surface area contributed by atoms with Crippen LogP contribution in [0.1, 0.15) is 63.6 Å². The zero-order valence-electron chi connectivity index (χ0n) is 19.2. The maximum absolute atomic E-state index is 13.3. The van der Waals surface area contributed by atoms with E-state index in [1.807, 2.05) is 18.3 Å². The van der Waals surface area contributed by atoms with Crippen LogP contribution in [-0.4, -0.2) is 43.8 Å². The smallest absolute Gasteiger partial charge is 0.335 e. The Kier molecular flexibility index (Phi) is 6.41. The molecule has 2 aliphatic heterocycles. The lowest BCUT2D eigenvalue weighted by atomic mass is 9.77. The van der Waals surface area contributed by atoms with E-state index in [0.29, 0.717) is 49.7 Å². The maximum Gasteiger partial charge on any atom is 0.335 e. The minimum absolute atomic E-state index is 0.00188. The first kappa shape index (κ1) is 22.9. The van der Waals surface area contributed by atoms with Gasteiger partial charge in [0.25, 0.3) is 0 Å². The van der Waals surface area contributed by atoms with E-state index >= 15 is 0 Å². The van der Waals surface area contributed by atoms with Crippen LogP contribution in [0.5, 0.6) is 5.75 Å². The molecule has 0 amide bonds. The maximum atomic E-state index is 13.3. The van der Waals surface area contributed by atoms with E-state index in [-0.39, 0.29) is 28.5 Å². The number of aromatic nitrogens is 1. The fourth-order valence-electron chi connectivity index (χ4n) is 5.29. The number of nitrogens with zero attached hydrogens (tertiary/aromatic N) is 2. The van der Waals surface area contributed by atoms with Crippen LogP contribution < -0.4 is 9.47 Å². The fourth-order valence-corrected chi connectivity index (χ4v) is 5.48. The van der Waals surface area contributed by atoms with Gasteiger partial charge in [0.15, 0.2) is 0 Å². The van der Waals surface area contributed by atoms with Gasteiger partial charge in [-0.3, -0.25) is 0 Å². The van der Waals surface area contributed by atoms with Crippen molar-refractivity contribution >= 4 is 23.3 Å². The summed E-state index contributed by atoms with van der Waals surface area (Å²) in [4.78, 5) is 14.5. The minimum Gasteiger partial charge on any atom is -0.617 e. The molecule has 0 saturated heterocycles. The predicted octanol–water partition coefficient (Wildman–Crippen LogP) is 4.17. The van der Waals surface area contributed by atoms with Gasteiger partial charge in [-0.2, -0.15) is 0 Å². The third-order valence-corrected chi connectivity index (χ3v) is 7.08. The highest BCUT2D eigenvalue weighted by Crippen LogP contribution is 2.56. The van der Waals surface area contributed by atoms with Crippen molar-refractivity contribution in [3.05, 3.63) is 45.5 Å². The summed E-state index contributed by atoms with van der Waals surface area (Å²) in [5, 5.41) is 13.4. The molecule has 7 nitrogen and oxygen atoms in total. The molecule has 0 aromatic carbocycles. The SMILES string of the molecule is CCOC(=O)C1=CN2C(=CC1)c1c(cc(OCCCOC)c(Cl)[n+]1[O-])C1CCC(C)(C)C12. The molecule has 3 aliphatic rings. The van der Waals surface area contributed by atoms with Crippen LogP contribution in [0.4, 0.5) is 0 Å². The Morgan fingerprint density at radius 3 is 2.88 bits per heavy atom. The zero-order chi connectivity index (χ0) is 23.0. The number of allylic oxidation sites excluding steroid dienone is 1. The summed E-state index contributed by atoms with van der Waals surface area (Å²) < 4.78 is 16.9. The number of rotatable bonds is 7. The fraction of sp³-hybridized carbons (Fsp3) is 0.583. The van der Waals surface area contributed by atoms with Gasteiger partial charge in [0.2, 0.25) is 11.4 Å². The number of ether oxygens (including phenoxy) is 3. The molecule has 0 radical (unpaired) electrons. The molecule has 4 rings (SSSR count). The number of hydrogen-bond acceptors (Lipinski definition) is 6. The first-order valence-corrected chi connectivity index (χ1v) is 11.6. The summed E-state index contributed by atoms with van der Waals surface area (Å²) in [6, 6.07) is 2.06. The molecule has 0 bridgehead atoms. The second kappa shape index (κ2) is 8.94. The number of esters is 1. The Morgan fingerprint density at radius 2 is 2.16 bits per heavy atom. The van der Waals surface area contributed by atoms with E-state index in [1.54, 1.807) is 14.0 Å². The highest BCUT2D eigenvalue weighted by atomic mass is 35.5. The second-order valence-electron chi connectivity index (χ2n) is 9.25. The normalized spacial score (nSPS) is 23.0. The van der Waals surface area contributed by atoms with Crippen molar-refractivity contribution in [3.63, 3.8) is 0 Å². The standard InChI is InChI=1S/C24H31ClN2O5/c1-5-31-23(28)15-7-8-18-20-17(16-9-10-24(2,3)21(16)26(18)14-15)13-19(22(25)27(20)29)32-12-6-11-30-4/h8,13-14,16,21H,5-7,9-12H2,1-4H3. The van der Waals surface area contributed by atoms with Crippen molar-refractivity contribution in [1.29, 1.82) is 0 Å². The molecule has 1 aliphatic carbocycles. The molecule has 0 spiro atoms. The average Bonchev–Trinajstić information content (AvgIpc) is 3.09. The molecule has 1 aromatic rings. The van der Waals surface area contributed by atoms with Crippen molar-refractivity contribution in [3.8, 4) is 5.75 Å². The molecule has 3 heterocycles. The summed E-state index contributed by atoms with van der Waals surface area (Å²) >= 11 is 6.45. The van der Waals surface area contributed by atoms with Gasteiger partial charge in [0.1, 0.15) is 5.70 Å². The topological polar surface area (TPSA) is 74.9 Å². The van der Waals surface area contributed by atoms with Crippen LogP contribution in [0.15, 0.2) is 23.9 Å². The number of pyridine rings is 1. The van der Waals surface area contributed by atoms with Crippen molar-refractivity contribution in [2.24, 2.45) is 5.41 Å². The van der Waals surface area contributed by atoms with Crippen molar-refractivity contribution in [2.75, 3.05) is 26.9 Å². The van der Waals surface area contributed by atoms with E-state index in [1.165, 1.54) is 0 Å². The van der Waals surface area contributed by atoms with E-state index in [4.69, 9.17) is 25.8 Å². The Morgan fingerprint density at radius 1 is 1.38 bits per heavy atom. The van der Waals surface area contributed by atoms with Gasteiger partial charge in [-0.25, -0.2) is 4.79 Å². The molecule has 0 N–H and O–H groups in total. The molecular weight excluding hydrogens is 432 g/mol. The quantitative estimate of drug-likeness (QED) is 0.199. The lowest BCUT2D eigenvalue weighted by molar-refractivity contribution is -0.607. The second-order valence-corrected chi connectivity index (χ2v) is 9.60. The Labute approximate surface area is 194 Å². The number of halogens is 1. The van der Waals surface area contributed by atoms with E-state index in [0.717, 1.165) is 28.8 Å². The van der Waals surface area contributed by atoms with Gasteiger partial charge in [-0.1, -0.05) is 13.8 Å². The molecule has 174 valence electrons. The van der Waals surface area contributed by atoms with Crippen molar-refractivity contribution in [1.82, 2.24) is 4.90 Å². The summed E-state index contributed by atoms with van der Waals surface area (Å²) in [5.74, 6) is 0.232. The van der Waals surface area contributed by atoms with Gasteiger partial charge in [0, 0.05) is 50.3 Å². The first-order valence-electron chi connectivity index (χ1n) is 11.2. The Bertz CT molecular complexity index is 972. The van der Waals surface area contributed by atoms with E-state index in [9.17, 15) is 10.0 Å². The molecule has 1 fully saturated rings. The highest BCUT2D eigenvalue weighted by Gasteiger charge is 2.53. The van der Waals surface area contributed by atoms with Crippen LogP contribution in [0.3, 0.4) is 0 Å². The van der Waals surface area contributed by atoms with Crippen molar-refractivity contribution in [2.45, 2.75) is 58.4 Å². The number of carbonyl (C=O) groups is 1. The largest absolute Gasteiger partial charge is 0.617 e. The van der Waals surface area contributed by atoms with Crippen LogP contribution in [0, 0.1) is 10.6 Å². The molecule has 1 saturated carbocycles. The summed E-state index contributed by atoms with van der Waals surface area (Å²) in [5.41, 5.74) is 2.92. The van der Waals surface area contributed by atoms with Gasteiger partial charge in [-0.05, 0) is 48.9 Å². The minimum atomic E-state index is -0.311. The van der Waals surface area contributed by atoms with Gasteiger partial charge < -0.3 is 24.3 Å². The number of hydrogen-bond donors (Lipinski definition) is 0. The molecular formula is C24H31ClN2O5. The predicted molar refractivity (Wildman–Crippen MR) is 121 cm³/mol. The summed E-state index contributed by atoms with van der Waals surface area (Å²) in [6.07, 6.45) is 6.90. The van der Waals surface area contributed by atoms with Crippen molar-refractivity contribution < 1.29 is 23.7 Å². The lowest BCUT2D eigenvalue weighted by Crippen LogP contribution is -2.50. The average molecular weight is 463 g/mol. The molecule has 2 unspecified atom stereocenters. The van der Waals surface area contributed by atoms with Crippen LogP contribution in [0.25, 0.3) is 5.70 Å². The first-order chi connectivity index (χ1) is 15.3. The summed E-state index contributed by atoms with van der Waals surface area (Å²) in [7, 11) is 1.64. The van der Waals surface area contributed by atoms with Crippen LogP contribution >= 0.6 is 11.6 Å². The highest BCUT2D eigenvalue weighted by molar-refractivity contribution is 6.30. The van der Waals surface area contributed by atoms with Crippen LogP contribution in [-0.2, 0) is 14.3 Å². The molecule has 2 atom stereocenters. The van der Waals surface area contributed by atoms with Gasteiger partial charge in [0.05, 0.1) is 18.8 Å². The van der Waals surface area contributed by atoms with E-state index in [2.05, 4.69) is 18.7 Å². The van der Waals surface area contributed by atoms with E-state index < -0.39 is 0 Å². The Balaban J connectivity index is 1.77. The third kappa shape index (κ3) is 3.86. The zero-order valence-corrected chi connectivity index (χ0v) is 19.9. The van der Waals surface area contributed by atoms with Gasteiger partial charge >= 0.3 is 11.1 Å². The summed E-state index contributed by atoms with van der Waals surface area (Å²) in [6.45, 7) is 7.62. The molecule has 1 aromatic heterocycles. The number of fused-ring (bicyclic) bond motifs is 6.